The Labute approximate surface area is 159 Å². The second-order valence-corrected chi connectivity index (χ2v) is 6.82. The molecule has 0 aliphatic heterocycles. The number of nitrogens with zero attached hydrogens (tertiary/aromatic N) is 1. The van der Waals surface area contributed by atoms with Crippen LogP contribution in [0.3, 0.4) is 0 Å². The largest absolute Gasteiger partial charge is 0.462 e. The SMILES string of the molecule is CCOC(=O)c1cc(CCc2ccccc2)n2c1cc(C)c1ccccc12. The summed E-state index contributed by atoms with van der Waals surface area (Å²) in [5, 5.41) is 1.21. The van der Waals surface area contributed by atoms with Gasteiger partial charge in [0.2, 0.25) is 0 Å². The van der Waals surface area contributed by atoms with Crippen molar-refractivity contribution in [3.63, 3.8) is 0 Å². The number of para-hydroxylation sites is 1. The van der Waals surface area contributed by atoms with E-state index < -0.39 is 0 Å². The van der Waals surface area contributed by atoms with E-state index in [1.807, 2.05) is 25.1 Å². The number of aryl methyl sites for hydroxylation is 3. The number of benzene rings is 2. The Kier molecular flexibility index (Phi) is 4.68. The van der Waals surface area contributed by atoms with Crippen molar-refractivity contribution in [3.8, 4) is 0 Å². The van der Waals surface area contributed by atoms with Crippen molar-refractivity contribution in [2.75, 3.05) is 6.61 Å². The molecule has 0 bridgehead atoms. The third kappa shape index (κ3) is 3.21. The zero-order valence-corrected chi connectivity index (χ0v) is 15.7. The molecule has 0 aliphatic rings. The molecule has 0 N–H and O–H groups in total. The van der Waals surface area contributed by atoms with Gasteiger partial charge in [-0.25, -0.2) is 4.79 Å². The molecule has 3 nitrogen and oxygen atoms in total. The van der Waals surface area contributed by atoms with Gasteiger partial charge in [-0.15, -0.1) is 0 Å². The topological polar surface area (TPSA) is 30.7 Å². The van der Waals surface area contributed by atoms with Gasteiger partial charge in [0.15, 0.2) is 0 Å². The van der Waals surface area contributed by atoms with Crippen molar-refractivity contribution < 1.29 is 9.53 Å². The van der Waals surface area contributed by atoms with Crippen LogP contribution < -0.4 is 0 Å². The molecule has 0 amide bonds. The van der Waals surface area contributed by atoms with E-state index in [0.717, 1.165) is 35.1 Å². The highest BCUT2D eigenvalue weighted by atomic mass is 16.5. The third-order valence-electron chi connectivity index (χ3n) is 5.05. The molecular formula is C24H23NO2. The second-order valence-electron chi connectivity index (χ2n) is 6.82. The van der Waals surface area contributed by atoms with Gasteiger partial charge in [-0.1, -0.05) is 48.5 Å². The first-order valence-electron chi connectivity index (χ1n) is 9.42. The molecule has 4 aromatic rings. The number of hydrogen-bond donors (Lipinski definition) is 0. The fourth-order valence-electron chi connectivity index (χ4n) is 3.77. The maximum absolute atomic E-state index is 12.6. The van der Waals surface area contributed by atoms with Crippen LogP contribution in [0.15, 0.2) is 66.7 Å². The smallest absolute Gasteiger partial charge is 0.340 e. The van der Waals surface area contributed by atoms with Gasteiger partial charge in [0.05, 0.1) is 23.2 Å². The lowest BCUT2D eigenvalue weighted by atomic mass is 10.1. The van der Waals surface area contributed by atoms with Crippen molar-refractivity contribution in [2.24, 2.45) is 0 Å². The van der Waals surface area contributed by atoms with E-state index in [9.17, 15) is 4.79 Å². The number of pyridine rings is 1. The van der Waals surface area contributed by atoms with Crippen LogP contribution in [-0.2, 0) is 17.6 Å². The summed E-state index contributed by atoms with van der Waals surface area (Å²) in [6, 6.07) is 22.9. The molecule has 0 saturated carbocycles. The first-order valence-corrected chi connectivity index (χ1v) is 9.42. The molecule has 2 aromatic heterocycles. The highest BCUT2D eigenvalue weighted by Gasteiger charge is 2.19. The van der Waals surface area contributed by atoms with Gasteiger partial charge in [0.1, 0.15) is 0 Å². The van der Waals surface area contributed by atoms with E-state index in [0.29, 0.717) is 12.2 Å². The van der Waals surface area contributed by atoms with Crippen molar-refractivity contribution in [1.29, 1.82) is 0 Å². The van der Waals surface area contributed by atoms with Crippen LogP contribution in [0.25, 0.3) is 16.4 Å². The Bertz CT molecular complexity index is 1110. The molecule has 2 aromatic carbocycles. The summed E-state index contributed by atoms with van der Waals surface area (Å²) in [4.78, 5) is 12.6. The van der Waals surface area contributed by atoms with Gasteiger partial charge in [-0.2, -0.15) is 0 Å². The Morgan fingerprint density at radius 2 is 1.67 bits per heavy atom. The summed E-state index contributed by atoms with van der Waals surface area (Å²) >= 11 is 0. The van der Waals surface area contributed by atoms with Gasteiger partial charge >= 0.3 is 5.97 Å². The molecule has 0 spiro atoms. The average molecular weight is 357 g/mol. The summed E-state index contributed by atoms with van der Waals surface area (Å²) in [5.74, 6) is -0.254. The molecule has 2 heterocycles. The van der Waals surface area contributed by atoms with Crippen LogP contribution in [0, 0.1) is 6.92 Å². The minimum Gasteiger partial charge on any atom is -0.462 e. The van der Waals surface area contributed by atoms with E-state index in [2.05, 4.69) is 59.9 Å². The predicted molar refractivity (Wildman–Crippen MR) is 109 cm³/mol. The van der Waals surface area contributed by atoms with Crippen LogP contribution in [0.5, 0.6) is 0 Å². The molecule has 0 aliphatic carbocycles. The number of carbonyl (C=O) groups excluding carboxylic acids is 1. The van der Waals surface area contributed by atoms with E-state index in [1.54, 1.807) is 0 Å². The molecule has 0 radical (unpaired) electrons. The van der Waals surface area contributed by atoms with Gasteiger partial charge in [0.25, 0.3) is 0 Å². The lowest BCUT2D eigenvalue weighted by Crippen LogP contribution is -2.04. The summed E-state index contributed by atoms with van der Waals surface area (Å²) in [6.45, 7) is 4.31. The summed E-state index contributed by atoms with van der Waals surface area (Å²) in [5.41, 5.74) is 6.29. The summed E-state index contributed by atoms with van der Waals surface area (Å²) < 4.78 is 7.53. The highest BCUT2D eigenvalue weighted by Crippen LogP contribution is 2.28. The number of carbonyl (C=O) groups is 1. The van der Waals surface area contributed by atoms with E-state index in [-0.39, 0.29) is 5.97 Å². The number of esters is 1. The highest BCUT2D eigenvalue weighted by molar-refractivity contribution is 6.00. The Morgan fingerprint density at radius 3 is 2.44 bits per heavy atom. The predicted octanol–water partition coefficient (Wildman–Crippen LogP) is 5.36. The number of hydrogen-bond acceptors (Lipinski definition) is 2. The third-order valence-corrected chi connectivity index (χ3v) is 5.05. The van der Waals surface area contributed by atoms with Crippen molar-refractivity contribution in [1.82, 2.24) is 4.40 Å². The molecular weight excluding hydrogens is 334 g/mol. The zero-order valence-electron chi connectivity index (χ0n) is 15.7. The zero-order chi connectivity index (χ0) is 18.8. The van der Waals surface area contributed by atoms with Crippen molar-refractivity contribution in [2.45, 2.75) is 26.7 Å². The van der Waals surface area contributed by atoms with Gasteiger partial charge in [-0.3, -0.25) is 0 Å². The van der Waals surface area contributed by atoms with E-state index >= 15 is 0 Å². The van der Waals surface area contributed by atoms with E-state index in [1.165, 1.54) is 10.9 Å². The van der Waals surface area contributed by atoms with Crippen LogP contribution >= 0.6 is 0 Å². The minimum absolute atomic E-state index is 0.254. The quantitative estimate of drug-likeness (QED) is 0.450. The molecule has 0 saturated heterocycles. The molecule has 0 atom stereocenters. The lowest BCUT2D eigenvalue weighted by Gasteiger charge is -2.10. The van der Waals surface area contributed by atoms with Crippen LogP contribution in [0.2, 0.25) is 0 Å². The summed E-state index contributed by atoms with van der Waals surface area (Å²) in [6.07, 6.45) is 1.79. The monoisotopic (exact) mass is 357 g/mol. The Hall–Kier alpha value is -3.07. The molecule has 0 unspecified atom stereocenters. The normalized spacial score (nSPS) is 11.2. The number of aromatic nitrogens is 1. The first-order chi connectivity index (χ1) is 13.2. The standard InChI is InChI=1S/C24H23NO2/c1-3-27-24(26)21-16-19(14-13-18-9-5-4-6-10-18)25-22-12-8-7-11-20(22)17(2)15-23(21)25/h4-12,15-16H,3,13-14H2,1-2H3. The lowest BCUT2D eigenvalue weighted by molar-refractivity contribution is 0.0529. The number of rotatable bonds is 5. The first kappa shape index (κ1) is 17.3. The Morgan fingerprint density at radius 1 is 0.926 bits per heavy atom. The number of ether oxygens (including phenoxy) is 1. The van der Waals surface area contributed by atoms with E-state index in [4.69, 9.17) is 4.74 Å². The molecule has 136 valence electrons. The molecule has 3 heteroatoms. The number of fused-ring (bicyclic) bond motifs is 3. The fraction of sp³-hybridized carbons (Fsp3) is 0.208. The van der Waals surface area contributed by atoms with Gasteiger partial charge in [0, 0.05) is 11.1 Å². The van der Waals surface area contributed by atoms with Gasteiger partial charge < -0.3 is 9.14 Å². The maximum Gasteiger partial charge on any atom is 0.340 e. The maximum atomic E-state index is 12.6. The van der Waals surface area contributed by atoms with Crippen molar-refractivity contribution in [3.05, 3.63) is 89.1 Å². The molecule has 0 fully saturated rings. The van der Waals surface area contributed by atoms with Crippen LogP contribution in [0.4, 0.5) is 0 Å². The van der Waals surface area contributed by atoms with Crippen molar-refractivity contribution >= 4 is 22.4 Å². The van der Waals surface area contributed by atoms with Crippen LogP contribution in [0.1, 0.15) is 34.1 Å². The van der Waals surface area contributed by atoms with Crippen LogP contribution in [-0.4, -0.2) is 17.0 Å². The second kappa shape index (κ2) is 7.28. The molecule has 27 heavy (non-hydrogen) atoms. The van der Waals surface area contributed by atoms with Gasteiger partial charge in [-0.05, 0) is 56.0 Å². The average Bonchev–Trinajstić information content (AvgIpc) is 3.06. The molecule has 4 rings (SSSR count). The Balaban J connectivity index is 1.88. The fourth-order valence-corrected chi connectivity index (χ4v) is 3.77. The minimum atomic E-state index is -0.254. The summed E-state index contributed by atoms with van der Waals surface area (Å²) in [7, 11) is 0.